The Bertz CT molecular complexity index is 448. The molecule has 1 fully saturated rings. The third-order valence-electron chi connectivity index (χ3n) is 3.92. The fourth-order valence-electron chi connectivity index (χ4n) is 2.63. The van der Waals surface area contributed by atoms with Gasteiger partial charge in [-0.2, -0.15) is 0 Å². The summed E-state index contributed by atoms with van der Waals surface area (Å²) in [6.07, 6.45) is 2.50. The van der Waals surface area contributed by atoms with Crippen LogP contribution in [-0.4, -0.2) is 29.3 Å². The topological polar surface area (TPSA) is 20.3 Å². The lowest BCUT2D eigenvalue weighted by Gasteiger charge is -2.27. The van der Waals surface area contributed by atoms with E-state index >= 15 is 0 Å². The van der Waals surface area contributed by atoms with E-state index < -0.39 is 0 Å². The molecule has 1 saturated carbocycles. The van der Waals surface area contributed by atoms with Crippen molar-refractivity contribution in [1.82, 2.24) is 4.90 Å². The van der Waals surface area contributed by atoms with Crippen molar-refractivity contribution in [2.75, 3.05) is 6.54 Å². The second kappa shape index (κ2) is 5.23. The summed E-state index contributed by atoms with van der Waals surface area (Å²) in [5.41, 5.74) is 3.14. The first-order valence-electron chi connectivity index (χ1n) is 6.91. The molecule has 1 aromatic carbocycles. The summed E-state index contributed by atoms with van der Waals surface area (Å²) >= 11 is 0. The molecule has 0 amide bonds. The van der Waals surface area contributed by atoms with E-state index in [4.69, 9.17) is 0 Å². The Morgan fingerprint density at radius 2 is 2.06 bits per heavy atom. The van der Waals surface area contributed by atoms with Crippen LogP contribution in [0.15, 0.2) is 18.2 Å². The van der Waals surface area contributed by atoms with Crippen LogP contribution in [0.5, 0.6) is 0 Å². The first-order valence-corrected chi connectivity index (χ1v) is 6.91. The maximum atomic E-state index is 12.6. The number of carbonyl (C=O) groups excluding carboxylic acids is 1. The Balaban J connectivity index is 2.21. The highest BCUT2D eigenvalue weighted by Crippen LogP contribution is 2.29. The van der Waals surface area contributed by atoms with E-state index in [0.29, 0.717) is 6.04 Å². The Labute approximate surface area is 110 Å². The minimum absolute atomic E-state index is 0.00278. The molecule has 1 aliphatic rings. The molecule has 18 heavy (non-hydrogen) atoms. The van der Waals surface area contributed by atoms with E-state index in [9.17, 15) is 4.79 Å². The predicted molar refractivity (Wildman–Crippen MR) is 75.1 cm³/mol. The molecule has 0 N–H and O–H groups in total. The molecule has 2 rings (SSSR count). The van der Waals surface area contributed by atoms with Gasteiger partial charge < -0.3 is 0 Å². The van der Waals surface area contributed by atoms with Crippen molar-refractivity contribution in [3.05, 3.63) is 34.9 Å². The average molecular weight is 245 g/mol. The zero-order chi connectivity index (χ0) is 13.3. The molecule has 0 saturated heterocycles. The van der Waals surface area contributed by atoms with Gasteiger partial charge in [0.1, 0.15) is 0 Å². The molecule has 0 aromatic heterocycles. The SMILES string of the molecule is CCN(C1CC1)C(C)C(=O)c1cc(C)ccc1C. The second-order valence-electron chi connectivity index (χ2n) is 5.42. The number of hydrogen-bond donors (Lipinski definition) is 0. The van der Waals surface area contributed by atoms with Crippen molar-refractivity contribution in [2.24, 2.45) is 0 Å². The van der Waals surface area contributed by atoms with Gasteiger partial charge >= 0.3 is 0 Å². The molecular formula is C16H23NO. The van der Waals surface area contributed by atoms with E-state index in [2.05, 4.69) is 17.9 Å². The van der Waals surface area contributed by atoms with Gasteiger partial charge in [-0.15, -0.1) is 0 Å². The number of hydrogen-bond acceptors (Lipinski definition) is 2. The summed E-state index contributed by atoms with van der Waals surface area (Å²) in [5, 5.41) is 0. The first kappa shape index (κ1) is 13.3. The van der Waals surface area contributed by atoms with Crippen LogP contribution in [-0.2, 0) is 0 Å². The number of carbonyl (C=O) groups is 1. The zero-order valence-electron chi connectivity index (χ0n) is 11.9. The third-order valence-corrected chi connectivity index (χ3v) is 3.92. The van der Waals surface area contributed by atoms with Crippen LogP contribution in [0.3, 0.4) is 0 Å². The monoisotopic (exact) mass is 245 g/mol. The van der Waals surface area contributed by atoms with E-state index in [1.54, 1.807) is 0 Å². The van der Waals surface area contributed by atoms with Crippen molar-refractivity contribution < 1.29 is 4.79 Å². The molecule has 0 heterocycles. The summed E-state index contributed by atoms with van der Waals surface area (Å²) in [4.78, 5) is 14.9. The summed E-state index contributed by atoms with van der Waals surface area (Å²) < 4.78 is 0. The Morgan fingerprint density at radius 1 is 1.39 bits per heavy atom. The van der Waals surface area contributed by atoms with Crippen LogP contribution < -0.4 is 0 Å². The van der Waals surface area contributed by atoms with Crippen LogP contribution in [0.1, 0.15) is 48.2 Å². The lowest BCUT2D eigenvalue weighted by atomic mass is 9.97. The number of nitrogens with zero attached hydrogens (tertiary/aromatic N) is 1. The van der Waals surface area contributed by atoms with E-state index in [1.165, 1.54) is 12.8 Å². The highest BCUT2D eigenvalue weighted by molar-refractivity contribution is 6.01. The minimum atomic E-state index is 0.00278. The van der Waals surface area contributed by atoms with Crippen LogP contribution >= 0.6 is 0 Å². The number of ketones is 1. The van der Waals surface area contributed by atoms with Crippen molar-refractivity contribution >= 4 is 5.78 Å². The number of Topliss-reactive ketones (excluding diaryl/α,β-unsaturated/α-hetero) is 1. The van der Waals surface area contributed by atoms with Gasteiger partial charge in [0.15, 0.2) is 5.78 Å². The van der Waals surface area contributed by atoms with E-state index in [0.717, 1.165) is 23.2 Å². The molecule has 1 atom stereocenters. The highest BCUT2D eigenvalue weighted by Gasteiger charge is 2.34. The number of aryl methyl sites for hydroxylation is 2. The van der Waals surface area contributed by atoms with Crippen LogP contribution in [0.2, 0.25) is 0 Å². The van der Waals surface area contributed by atoms with Gasteiger partial charge in [0, 0.05) is 11.6 Å². The maximum absolute atomic E-state index is 12.6. The second-order valence-corrected chi connectivity index (χ2v) is 5.42. The average Bonchev–Trinajstić information content (AvgIpc) is 3.16. The van der Waals surface area contributed by atoms with Crippen LogP contribution in [0.4, 0.5) is 0 Å². The van der Waals surface area contributed by atoms with Gasteiger partial charge in [-0.25, -0.2) is 0 Å². The summed E-state index contributed by atoms with van der Waals surface area (Å²) in [7, 11) is 0. The molecule has 1 unspecified atom stereocenters. The number of rotatable bonds is 5. The molecular weight excluding hydrogens is 222 g/mol. The van der Waals surface area contributed by atoms with Crippen molar-refractivity contribution in [2.45, 2.75) is 52.6 Å². The molecule has 0 spiro atoms. The smallest absolute Gasteiger partial charge is 0.179 e. The number of likely N-dealkylation sites (N-methyl/N-ethyl adjacent to an activating group) is 1. The molecule has 2 heteroatoms. The van der Waals surface area contributed by atoms with Crippen molar-refractivity contribution in [1.29, 1.82) is 0 Å². The molecule has 1 aromatic rings. The van der Waals surface area contributed by atoms with Crippen molar-refractivity contribution in [3.8, 4) is 0 Å². The number of benzene rings is 1. The van der Waals surface area contributed by atoms with E-state index in [1.807, 2.05) is 32.9 Å². The largest absolute Gasteiger partial charge is 0.292 e. The van der Waals surface area contributed by atoms with Gasteiger partial charge in [-0.05, 0) is 51.8 Å². The normalized spacial score (nSPS) is 16.9. The lowest BCUT2D eigenvalue weighted by Crippen LogP contribution is -2.40. The fourth-order valence-corrected chi connectivity index (χ4v) is 2.63. The lowest BCUT2D eigenvalue weighted by molar-refractivity contribution is 0.0833. The highest BCUT2D eigenvalue weighted by atomic mass is 16.1. The van der Waals surface area contributed by atoms with Gasteiger partial charge in [-0.3, -0.25) is 9.69 Å². The molecule has 2 nitrogen and oxygen atoms in total. The Morgan fingerprint density at radius 3 is 2.61 bits per heavy atom. The quantitative estimate of drug-likeness (QED) is 0.741. The summed E-state index contributed by atoms with van der Waals surface area (Å²) in [6, 6.07) is 6.77. The maximum Gasteiger partial charge on any atom is 0.179 e. The zero-order valence-corrected chi connectivity index (χ0v) is 11.9. The summed E-state index contributed by atoms with van der Waals surface area (Å²) in [5.74, 6) is 0.268. The molecule has 0 radical (unpaired) electrons. The van der Waals surface area contributed by atoms with Gasteiger partial charge in [-0.1, -0.05) is 24.6 Å². The van der Waals surface area contributed by atoms with E-state index in [-0.39, 0.29) is 11.8 Å². The fraction of sp³-hybridized carbons (Fsp3) is 0.562. The van der Waals surface area contributed by atoms with Crippen LogP contribution in [0.25, 0.3) is 0 Å². The molecule has 0 bridgehead atoms. The molecule has 1 aliphatic carbocycles. The Kier molecular flexibility index (Phi) is 3.86. The summed E-state index contributed by atoms with van der Waals surface area (Å²) in [6.45, 7) is 9.21. The predicted octanol–water partition coefficient (Wildman–Crippen LogP) is 3.36. The van der Waals surface area contributed by atoms with Gasteiger partial charge in [0.2, 0.25) is 0 Å². The standard InChI is InChI=1S/C16H23NO/c1-5-17(14-8-9-14)13(4)16(18)15-10-11(2)6-7-12(15)3/h6-7,10,13-14H,5,8-9H2,1-4H3. The van der Waals surface area contributed by atoms with Crippen molar-refractivity contribution in [3.63, 3.8) is 0 Å². The molecule has 0 aliphatic heterocycles. The van der Waals surface area contributed by atoms with Gasteiger partial charge in [0.25, 0.3) is 0 Å². The minimum Gasteiger partial charge on any atom is -0.292 e. The Hall–Kier alpha value is -1.15. The third kappa shape index (κ3) is 2.64. The van der Waals surface area contributed by atoms with Crippen LogP contribution in [0, 0.1) is 13.8 Å². The molecule has 98 valence electrons. The van der Waals surface area contributed by atoms with Gasteiger partial charge in [0.05, 0.1) is 6.04 Å². The first-order chi connectivity index (χ1) is 8.54.